The number of thioether (sulfide) groups is 1. The first-order valence-electron chi connectivity index (χ1n) is 6.89. The Morgan fingerprint density at radius 2 is 1.78 bits per heavy atom. The Morgan fingerprint density at radius 1 is 0.957 bits per heavy atom. The highest BCUT2D eigenvalue weighted by Crippen LogP contribution is 2.19. The van der Waals surface area contributed by atoms with E-state index in [9.17, 15) is 4.79 Å². The standard InChI is InChI=1S/C17H12ClN3OS/c18-13-6-4-12(5-7-13)16(22)11-23-17-9-8-15(20-21-17)14-3-1-2-10-19-14/h1-10H,11H2. The molecule has 0 atom stereocenters. The van der Waals surface area contributed by atoms with E-state index < -0.39 is 0 Å². The normalized spacial score (nSPS) is 10.5. The van der Waals surface area contributed by atoms with Crippen molar-refractivity contribution >= 4 is 29.1 Å². The molecule has 6 heteroatoms. The summed E-state index contributed by atoms with van der Waals surface area (Å²) in [5.41, 5.74) is 2.12. The van der Waals surface area contributed by atoms with Crippen molar-refractivity contribution in [3.8, 4) is 11.4 Å². The van der Waals surface area contributed by atoms with Gasteiger partial charge in [-0.3, -0.25) is 9.78 Å². The molecule has 0 N–H and O–H groups in total. The fourth-order valence-corrected chi connectivity index (χ4v) is 2.74. The quantitative estimate of drug-likeness (QED) is 0.515. The molecule has 0 aliphatic heterocycles. The van der Waals surface area contributed by atoms with Gasteiger partial charge in [0.15, 0.2) is 5.78 Å². The van der Waals surface area contributed by atoms with Crippen molar-refractivity contribution in [2.24, 2.45) is 0 Å². The number of ketones is 1. The van der Waals surface area contributed by atoms with Gasteiger partial charge >= 0.3 is 0 Å². The molecule has 0 spiro atoms. The van der Waals surface area contributed by atoms with Crippen molar-refractivity contribution in [2.75, 3.05) is 5.75 Å². The molecule has 2 heterocycles. The molecular formula is C17H12ClN3OS. The largest absolute Gasteiger partial charge is 0.293 e. The Labute approximate surface area is 142 Å². The summed E-state index contributed by atoms with van der Waals surface area (Å²) in [7, 11) is 0. The summed E-state index contributed by atoms with van der Waals surface area (Å²) in [6.45, 7) is 0. The molecule has 0 amide bonds. The zero-order valence-corrected chi connectivity index (χ0v) is 13.6. The third-order valence-electron chi connectivity index (χ3n) is 3.08. The van der Waals surface area contributed by atoms with Crippen LogP contribution in [-0.2, 0) is 0 Å². The van der Waals surface area contributed by atoms with Crippen molar-refractivity contribution in [3.05, 3.63) is 71.4 Å². The van der Waals surface area contributed by atoms with Gasteiger partial charge in [-0.05, 0) is 48.5 Å². The second-order valence-electron chi connectivity index (χ2n) is 4.69. The van der Waals surface area contributed by atoms with Gasteiger partial charge < -0.3 is 0 Å². The van der Waals surface area contributed by atoms with E-state index in [4.69, 9.17) is 11.6 Å². The highest BCUT2D eigenvalue weighted by molar-refractivity contribution is 7.99. The SMILES string of the molecule is O=C(CSc1ccc(-c2ccccn2)nn1)c1ccc(Cl)cc1. The molecule has 2 aromatic heterocycles. The van der Waals surface area contributed by atoms with Crippen molar-refractivity contribution < 1.29 is 4.79 Å². The smallest absolute Gasteiger partial charge is 0.173 e. The van der Waals surface area contributed by atoms with E-state index in [2.05, 4.69) is 15.2 Å². The number of Topliss-reactive ketones (excluding diaryl/α,β-unsaturated/α-hetero) is 1. The number of nitrogens with zero attached hydrogens (tertiary/aromatic N) is 3. The van der Waals surface area contributed by atoms with Crippen molar-refractivity contribution in [3.63, 3.8) is 0 Å². The second kappa shape index (κ2) is 7.35. The number of pyridine rings is 1. The first kappa shape index (κ1) is 15.6. The first-order valence-corrected chi connectivity index (χ1v) is 8.25. The summed E-state index contributed by atoms with van der Waals surface area (Å²) in [6, 6.07) is 16.2. The number of aromatic nitrogens is 3. The summed E-state index contributed by atoms with van der Waals surface area (Å²) in [5.74, 6) is 0.335. The first-order chi connectivity index (χ1) is 11.2. The van der Waals surface area contributed by atoms with Gasteiger partial charge in [0, 0.05) is 16.8 Å². The Balaban J connectivity index is 1.62. The third-order valence-corrected chi connectivity index (χ3v) is 4.26. The van der Waals surface area contributed by atoms with Crippen LogP contribution in [0, 0.1) is 0 Å². The van der Waals surface area contributed by atoms with Gasteiger partial charge in [0.1, 0.15) is 10.7 Å². The van der Waals surface area contributed by atoms with E-state index in [1.165, 1.54) is 11.8 Å². The van der Waals surface area contributed by atoms with Crippen LogP contribution >= 0.6 is 23.4 Å². The maximum atomic E-state index is 12.1. The van der Waals surface area contributed by atoms with E-state index in [-0.39, 0.29) is 5.78 Å². The number of carbonyl (C=O) groups is 1. The van der Waals surface area contributed by atoms with Gasteiger partial charge in [-0.15, -0.1) is 10.2 Å². The van der Waals surface area contributed by atoms with E-state index in [1.807, 2.05) is 30.3 Å². The Hall–Kier alpha value is -2.24. The maximum absolute atomic E-state index is 12.1. The minimum Gasteiger partial charge on any atom is -0.293 e. The molecule has 0 aliphatic carbocycles. The summed E-state index contributed by atoms with van der Waals surface area (Å²) < 4.78 is 0. The van der Waals surface area contributed by atoms with Crippen LogP contribution in [-0.4, -0.2) is 26.7 Å². The molecule has 0 unspecified atom stereocenters. The fraction of sp³-hybridized carbons (Fsp3) is 0.0588. The number of rotatable bonds is 5. The highest BCUT2D eigenvalue weighted by atomic mass is 35.5. The second-order valence-corrected chi connectivity index (χ2v) is 6.12. The van der Waals surface area contributed by atoms with Gasteiger partial charge in [-0.25, -0.2) is 0 Å². The number of carbonyl (C=O) groups excluding carboxylic acids is 1. The minimum absolute atomic E-state index is 0.0299. The molecule has 4 nitrogen and oxygen atoms in total. The molecule has 0 radical (unpaired) electrons. The van der Waals surface area contributed by atoms with Crippen LogP contribution in [0.2, 0.25) is 5.02 Å². The van der Waals surface area contributed by atoms with E-state index >= 15 is 0 Å². The average molecular weight is 342 g/mol. The molecule has 0 saturated heterocycles. The summed E-state index contributed by atoms with van der Waals surface area (Å²) in [5, 5.41) is 9.60. The van der Waals surface area contributed by atoms with Gasteiger partial charge in [-0.1, -0.05) is 29.4 Å². The van der Waals surface area contributed by atoms with E-state index in [0.29, 0.717) is 27.1 Å². The number of benzene rings is 1. The maximum Gasteiger partial charge on any atom is 0.173 e. The Kier molecular flexibility index (Phi) is 5.00. The molecule has 3 rings (SSSR count). The summed E-state index contributed by atoms with van der Waals surface area (Å²) in [4.78, 5) is 16.3. The molecular weight excluding hydrogens is 330 g/mol. The molecule has 0 fully saturated rings. The number of hydrogen-bond acceptors (Lipinski definition) is 5. The van der Waals surface area contributed by atoms with Crippen molar-refractivity contribution in [2.45, 2.75) is 5.03 Å². The van der Waals surface area contributed by atoms with Crippen LogP contribution in [0.4, 0.5) is 0 Å². The minimum atomic E-state index is 0.0299. The van der Waals surface area contributed by atoms with Gasteiger partial charge in [0.2, 0.25) is 0 Å². The van der Waals surface area contributed by atoms with Crippen LogP contribution in [0.15, 0.2) is 65.8 Å². The molecule has 0 bridgehead atoms. The topological polar surface area (TPSA) is 55.7 Å². The lowest BCUT2D eigenvalue weighted by molar-refractivity contribution is 0.102. The zero-order valence-electron chi connectivity index (χ0n) is 12.0. The van der Waals surface area contributed by atoms with Crippen LogP contribution in [0.1, 0.15) is 10.4 Å². The van der Waals surface area contributed by atoms with Crippen LogP contribution in [0.25, 0.3) is 11.4 Å². The summed E-state index contributed by atoms with van der Waals surface area (Å²) in [6.07, 6.45) is 1.71. The van der Waals surface area contributed by atoms with Crippen LogP contribution < -0.4 is 0 Å². The molecule has 23 heavy (non-hydrogen) atoms. The Bertz CT molecular complexity index is 792. The van der Waals surface area contributed by atoms with E-state index in [1.54, 1.807) is 30.5 Å². The zero-order chi connectivity index (χ0) is 16.1. The number of halogens is 1. The fourth-order valence-electron chi connectivity index (χ4n) is 1.91. The van der Waals surface area contributed by atoms with Crippen molar-refractivity contribution in [1.82, 2.24) is 15.2 Å². The van der Waals surface area contributed by atoms with Gasteiger partial charge in [-0.2, -0.15) is 0 Å². The van der Waals surface area contributed by atoms with Crippen LogP contribution in [0.5, 0.6) is 0 Å². The molecule has 1 aromatic carbocycles. The van der Waals surface area contributed by atoms with Crippen molar-refractivity contribution in [1.29, 1.82) is 0 Å². The molecule has 0 aliphatic rings. The third kappa shape index (κ3) is 4.15. The average Bonchev–Trinajstić information content (AvgIpc) is 2.61. The van der Waals surface area contributed by atoms with Gasteiger partial charge in [0.05, 0.1) is 11.4 Å². The van der Waals surface area contributed by atoms with E-state index in [0.717, 1.165) is 5.69 Å². The highest BCUT2D eigenvalue weighted by Gasteiger charge is 2.08. The molecule has 114 valence electrons. The monoisotopic (exact) mass is 341 g/mol. The molecule has 3 aromatic rings. The lowest BCUT2D eigenvalue weighted by Crippen LogP contribution is -2.02. The predicted molar refractivity (Wildman–Crippen MR) is 91.8 cm³/mol. The number of hydrogen-bond donors (Lipinski definition) is 0. The summed E-state index contributed by atoms with van der Waals surface area (Å²) >= 11 is 7.17. The Morgan fingerprint density at radius 3 is 2.43 bits per heavy atom. The lowest BCUT2D eigenvalue weighted by Gasteiger charge is -2.02. The van der Waals surface area contributed by atoms with Crippen LogP contribution in [0.3, 0.4) is 0 Å². The predicted octanol–water partition coefficient (Wildman–Crippen LogP) is 4.17. The lowest BCUT2D eigenvalue weighted by atomic mass is 10.1. The van der Waals surface area contributed by atoms with Gasteiger partial charge in [0.25, 0.3) is 0 Å². The molecule has 0 saturated carbocycles.